The molecule has 0 radical (unpaired) electrons. The fourth-order valence-corrected chi connectivity index (χ4v) is 2.99. The van der Waals surface area contributed by atoms with Gasteiger partial charge in [0.05, 0.1) is 11.1 Å². The van der Waals surface area contributed by atoms with Gasteiger partial charge in [-0.15, -0.1) is 0 Å². The predicted molar refractivity (Wildman–Crippen MR) is 95.3 cm³/mol. The van der Waals surface area contributed by atoms with E-state index in [0.29, 0.717) is 0 Å². The van der Waals surface area contributed by atoms with E-state index in [0.717, 1.165) is 0 Å². The van der Waals surface area contributed by atoms with Crippen molar-refractivity contribution in [2.75, 3.05) is 0 Å². The second-order valence-corrected chi connectivity index (χ2v) is 6.43. The molecule has 0 heterocycles. The molecule has 1 unspecified atom stereocenters. The molecule has 8 nitrogen and oxygen atoms in total. The van der Waals surface area contributed by atoms with Crippen LogP contribution >= 0.6 is 0 Å². The first-order valence-electron chi connectivity index (χ1n) is 8.64. The molecule has 1 aliphatic carbocycles. The first-order chi connectivity index (χ1) is 13.4. The molecule has 0 bridgehead atoms. The molecule has 6 atom stereocenters. The van der Waals surface area contributed by atoms with Crippen LogP contribution in [0.4, 0.5) is 0 Å². The summed E-state index contributed by atoms with van der Waals surface area (Å²) in [7, 11) is 0. The van der Waals surface area contributed by atoms with E-state index in [9.17, 15) is 30.0 Å². The molecule has 2 aromatic rings. The van der Waals surface area contributed by atoms with Crippen molar-refractivity contribution in [2.45, 2.75) is 36.6 Å². The molecular weight excluding hydrogens is 368 g/mol. The highest BCUT2D eigenvalue weighted by atomic mass is 16.6. The summed E-state index contributed by atoms with van der Waals surface area (Å²) >= 11 is 0. The fourth-order valence-electron chi connectivity index (χ4n) is 2.99. The van der Waals surface area contributed by atoms with Crippen LogP contribution in [0, 0.1) is 0 Å². The quantitative estimate of drug-likeness (QED) is 0.534. The van der Waals surface area contributed by atoms with Crippen LogP contribution in [-0.2, 0) is 9.47 Å². The number of aliphatic hydroxyl groups excluding tert-OH is 4. The average molecular weight is 388 g/mol. The molecule has 4 N–H and O–H groups in total. The number of benzene rings is 2. The highest BCUT2D eigenvalue weighted by Gasteiger charge is 2.53. The second kappa shape index (κ2) is 8.49. The zero-order valence-corrected chi connectivity index (χ0v) is 14.7. The van der Waals surface area contributed by atoms with Crippen LogP contribution in [0.2, 0.25) is 0 Å². The molecule has 0 saturated heterocycles. The largest absolute Gasteiger partial charge is 0.452 e. The van der Waals surface area contributed by atoms with Crippen LogP contribution in [0.1, 0.15) is 20.7 Å². The van der Waals surface area contributed by atoms with Crippen molar-refractivity contribution in [3.8, 4) is 0 Å². The van der Waals surface area contributed by atoms with Crippen molar-refractivity contribution in [1.29, 1.82) is 0 Å². The van der Waals surface area contributed by atoms with Gasteiger partial charge in [0.15, 0.2) is 12.2 Å². The number of esters is 2. The minimum atomic E-state index is -1.80. The molecule has 0 aromatic heterocycles. The maximum Gasteiger partial charge on any atom is 0.338 e. The van der Waals surface area contributed by atoms with Gasteiger partial charge in [-0.3, -0.25) is 0 Å². The Labute approximate surface area is 160 Å². The molecule has 1 saturated carbocycles. The van der Waals surface area contributed by atoms with E-state index < -0.39 is 48.6 Å². The van der Waals surface area contributed by atoms with Crippen LogP contribution in [0.15, 0.2) is 60.7 Å². The predicted octanol–water partition coefficient (Wildman–Crippen LogP) is -0.105. The highest BCUT2D eigenvalue weighted by Crippen LogP contribution is 2.28. The Balaban J connectivity index is 1.84. The topological polar surface area (TPSA) is 134 Å². The van der Waals surface area contributed by atoms with Crippen molar-refractivity contribution < 1.29 is 39.5 Å². The average Bonchev–Trinajstić information content (AvgIpc) is 2.74. The zero-order valence-electron chi connectivity index (χ0n) is 14.7. The van der Waals surface area contributed by atoms with Crippen molar-refractivity contribution in [1.82, 2.24) is 0 Å². The Morgan fingerprint density at radius 3 is 1.21 bits per heavy atom. The van der Waals surface area contributed by atoms with Gasteiger partial charge in [-0.25, -0.2) is 9.59 Å². The third-order valence-corrected chi connectivity index (χ3v) is 4.55. The van der Waals surface area contributed by atoms with Gasteiger partial charge in [-0.1, -0.05) is 36.4 Å². The Morgan fingerprint density at radius 2 is 0.893 bits per heavy atom. The summed E-state index contributed by atoms with van der Waals surface area (Å²) in [5, 5.41) is 40.5. The molecule has 8 heteroatoms. The monoisotopic (exact) mass is 388 g/mol. The molecule has 2 aromatic carbocycles. The molecular formula is C20H20O8. The third-order valence-electron chi connectivity index (χ3n) is 4.55. The normalized spacial score (nSPS) is 29.7. The van der Waals surface area contributed by atoms with Crippen LogP contribution in [0.25, 0.3) is 0 Å². The lowest BCUT2D eigenvalue weighted by Crippen LogP contribution is -2.65. The summed E-state index contributed by atoms with van der Waals surface area (Å²) in [5.41, 5.74) is 0.330. The van der Waals surface area contributed by atoms with Gasteiger partial charge in [0.2, 0.25) is 0 Å². The summed E-state index contributed by atoms with van der Waals surface area (Å²) in [6.07, 6.45) is -10.3. The number of aliphatic hydroxyl groups is 4. The van der Waals surface area contributed by atoms with E-state index in [4.69, 9.17) is 9.47 Å². The van der Waals surface area contributed by atoms with E-state index in [1.54, 1.807) is 36.4 Å². The number of hydrogen-bond acceptors (Lipinski definition) is 8. The summed E-state index contributed by atoms with van der Waals surface area (Å²) in [6.45, 7) is 0. The Hall–Kier alpha value is -2.78. The lowest BCUT2D eigenvalue weighted by molar-refractivity contribution is -0.223. The van der Waals surface area contributed by atoms with Gasteiger partial charge in [-0.05, 0) is 24.3 Å². The summed E-state index contributed by atoms with van der Waals surface area (Å²) in [6, 6.07) is 15.7. The van der Waals surface area contributed by atoms with E-state index in [1.165, 1.54) is 24.3 Å². The van der Waals surface area contributed by atoms with E-state index in [-0.39, 0.29) is 11.1 Å². The molecule has 148 valence electrons. The lowest BCUT2D eigenvalue weighted by Gasteiger charge is -2.42. The number of rotatable bonds is 4. The van der Waals surface area contributed by atoms with Crippen molar-refractivity contribution in [2.24, 2.45) is 0 Å². The molecule has 1 fully saturated rings. The van der Waals surface area contributed by atoms with Crippen LogP contribution in [0.3, 0.4) is 0 Å². The SMILES string of the molecule is O=C(O[C@@H]1[C@@H](OC(=O)c2ccccc2)[C@H](O)[C@@H](O)C(O)[C@H]1O)c1ccccc1. The second-order valence-electron chi connectivity index (χ2n) is 6.43. The number of hydrogen-bond donors (Lipinski definition) is 4. The van der Waals surface area contributed by atoms with Gasteiger partial charge < -0.3 is 29.9 Å². The first kappa shape index (κ1) is 20.0. The fraction of sp³-hybridized carbons (Fsp3) is 0.300. The summed E-state index contributed by atoms with van der Waals surface area (Å²) in [5.74, 6) is -1.69. The number of carbonyl (C=O) groups excluding carboxylic acids is 2. The summed E-state index contributed by atoms with van der Waals surface area (Å²) in [4.78, 5) is 24.7. The van der Waals surface area contributed by atoms with Gasteiger partial charge in [-0.2, -0.15) is 0 Å². The molecule has 0 spiro atoms. The van der Waals surface area contributed by atoms with E-state index >= 15 is 0 Å². The maximum absolute atomic E-state index is 12.4. The molecule has 28 heavy (non-hydrogen) atoms. The third kappa shape index (κ3) is 4.05. The van der Waals surface area contributed by atoms with Crippen LogP contribution in [-0.4, -0.2) is 69.0 Å². The number of ether oxygens (including phenoxy) is 2. The Kier molecular flexibility index (Phi) is 6.05. The van der Waals surface area contributed by atoms with Crippen molar-refractivity contribution in [3.05, 3.63) is 71.8 Å². The lowest BCUT2D eigenvalue weighted by atomic mass is 9.84. The number of carbonyl (C=O) groups is 2. The van der Waals surface area contributed by atoms with Gasteiger partial charge >= 0.3 is 11.9 Å². The highest BCUT2D eigenvalue weighted by molar-refractivity contribution is 5.90. The minimum absolute atomic E-state index is 0.165. The van der Waals surface area contributed by atoms with Gasteiger partial charge in [0.1, 0.15) is 24.4 Å². The Bertz CT molecular complexity index is 740. The minimum Gasteiger partial charge on any atom is -0.452 e. The zero-order chi connectivity index (χ0) is 20.3. The molecule has 3 rings (SSSR count). The molecule has 0 amide bonds. The van der Waals surface area contributed by atoms with Crippen LogP contribution in [0.5, 0.6) is 0 Å². The molecule has 1 aliphatic rings. The maximum atomic E-state index is 12.4. The summed E-state index contributed by atoms with van der Waals surface area (Å²) < 4.78 is 10.5. The standard InChI is InChI=1S/C20H20O8/c21-13-14(22)16(24)18(28-20(26)12-9-5-2-6-10-12)17(15(13)23)27-19(25)11-7-3-1-4-8-11/h1-10,13-18,21-24H/t13-,14?,15+,16+,17-,18-/m0/s1. The van der Waals surface area contributed by atoms with Gasteiger partial charge in [0, 0.05) is 0 Å². The first-order valence-corrected chi connectivity index (χ1v) is 8.64. The van der Waals surface area contributed by atoms with E-state index in [2.05, 4.69) is 0 Å². The van der Waals surface area contributed by atoms with Gasteiger partial charge in [0.25, 0.3) is 0 Å². The Morgan fingerprint density at radius 1 is 0.571 bits per heavy atom. The molecule has 0 aliphatic heterocycles. The van der Waals surface area contributed by atoms with E-state index in [1.807, 2.05) is 0 Å². The smallest absolute Gasteiger partial charge is 0.338 e. The van der Waals surface area contributed by atoms with Crippen molar-refractivity contribution in [3.63, 3.8) is 0 Å². The van der Waals surface area contributed by atoms with Crippen molar-refractivity contribution >= 4 is 11.9 Å². The van der Waals surface area contributed by atoms with Crippen LogP contribution < -0.4 is 0 Å².